The molecule has 0 radical (unpaired) electrons. The Morgan fingerprint density at radius 2 is 1.84 bits per heavy atom. The largest absolute Gasteiger partial charge is 0.369 e. The molecule has 2 rings (SSSR count). The summed E-state index contributed by atoms with van der Waals surface area (Å²) < 4.78 is 0. The molecule has 0 atom stereocenters. The van der Waals surface area contributed by atoms with Crippen molar-refractivity contribution in [3.63, 3.8) is 0 Å². The van der Waals surface area contributed by atoms with Crippen LogP contribution in [0.5, 0.6) is 0 Å². The Morgan fingerprint density at radius 1 is 1.21 bits per heavy atom. The van der Waals surface area contributed by atoms with E-state index in [-0.39, 0.29) is 10.3 Å². The smallest absolute Gasteiger partial charge is 0.291 e. The molecule has 4 nitrogen and oxygen atoms in total. The van der Waals surface area contributed by atoms with Crippen LogP contribution in [-0.4, -0.2) is 22.9 Å². The van der Waals surface area contributed by atoms with Crippen LogP contribution in [0.3, 0.4) is 0 Å². The fourth-order valence-corrected chi connectivity index (χ4v) is 3.05. The first-order valence-corrected chi connectivity index (χ1v) is 7.25. The third-order valence-corrected chi connectivity index (χ3v) is 3.97. The molecule has 0 N–H and O–H groups in total. The third-order valence-electron chi connectivity index (χ3n) is 3.97. The number of hydrogen-bond donors (Lipinski definition) is 0. The standard InChI is InChI=1S/C15H24N2O2/c1-15(2,3)12-8-4-5-9-13(14(12)17(18)19)16-10-6-7-11-16/h8H,4-7,9-11H2,1-3H3. The fourth-order valence-electron chi connectivity index (χ4n) is 3.05. The summed E-state index contributed by atoms with van der Waals surface area (Å²) >= 11 is 0. The van der Waals surface area contributed by atoms with Crippen molar-refractivity contribution < 1.29 is 4.92 Å². The van der Waals surface area contributed by atoms with Gasteiger partial charge in [-0.2, -0.15) is 0 Å². The fraction of sp³-hybridized carbons (Fsp3) is 0.733. The zero-order valence-electron chi connectivity index (χ0n) is 12.2. The summed E-state index contributed by atoms with van der Waals surface area (Å²) in [7, 11) is 0. The lowest BCUT2D eigenvalue weighted by Gasteiger charge is -2.25. The molecule has 1 aliphatic carbocycles. The second-order valence-electron chi connectivity index (χ2n) is 6.51. The molecule has 2 aliphatic rings. The number of nitro groups is 1. The Kier molecular flexibility index (Phi) is 3.97. The first-order chi connectivity index (χ1) is 8.91. The highest BCUT2D eigenvalue weighted by Gasteiger charge is 2.35. The molecule has 0 amide bonds. The highest BCUT2D eigenvalue weighted by Crippen LogP contribution is 2.38. The van der Waals surface area contributed by atoms with E-state index in [4.69, 9.17) is 0 Å². The van der Waals surface area contributed by atoms with Gasteiger partial charge < -0.3 is 4.90 Å². The zero-order valence-corrected chi connectivity index (χ0v) is 12.2. The van der Waals surface area contributed by atoms with E-state index in [1.165, 1.54) is 0 Å². The van der Waals surface area contributed by atoms with Crippen molar-refractivity contribution in [3.05, 3.63) is 33.2 Å². The van der Waals surface area contributed by atoms with E-state index >= 15 is 0 Å². The van der Waals surface area contributed by atoms with Gasteiger partial charge in [-0.1, -0.05) is 26.8 Å². The molecule has 106 valence electrons. The van der Waals surface area contributed by atoms with Gasteiger partial charge in [-0.3, -0.25) is 10.1 Å². The minimum Gasteiger partial charge on any atom is -0.369 e. The van der Waals surface area contributed by atoms with Crippen LogP contribution in [0, 0.1) is 15.5 Å². The van der Waals surface area contributed by atoms with E-state index < -0.39 is 0 Å². The highest BCUT2D eigenvalue weighted by molar-refractivity contribution is 5.35. The van der Waals surface area contributed by atoms with Crippen molar-refractivity contribution in [2.24, 2.45) is 5.41 Å². The van der Waals surface area contributed by atoms with Gasteiger partial charge in [-0.25, -0.2) is 0 Å². The van der Waals surface area contributed by atoms with E-state index in [1.807, 2.05) is 0 Å². The van der Waals surface area contributed by atoms with Crippen molar-refractivity contribution in [2.75, 3.05) is 13.1 Å². The minimum absolute atomic E-state index is 0.157. The van der Waals surface area contributed by atoms with Crippen LogP contribution >= 0.6 is 0 Å². The normalized spacial score (nSPS) is 21.4. The molecule has 0 aromatic rings. The van der Waals surface area contributed by atoms with Crippen molar-refractivity contribution in [3.8, 4) is 0 Å². The van der Waals surface area contributed by atoms with Crippen molar-refractivity contribution >= 4 is 0 Å². The van der Waals surface area contributed by atoms with E-state index in [2.05, 4.69) is 31.7 Å². The predicted octanol–water partition coefficient (Wildman–Crippen LogP) is 3.73. The third kappa shape index (κ3) is 2.99. The van der Waals surface area contributed by atoms with Gasteiger partial charge in [0.25, 0.3) is 5.70 Å². The summed E-state index contributed by atoms with van der Waals surface area (Å²) in [5.41, 5.74) is 2.10. The maximum Gasteiger partial charge on any atom is 0.291 e. The molecule has 1 aliphatic heterocycles. The summed E-state index contributed by atoms with van der Waals surface area (Å²) in [6, 6.07) is 0. The summed E-state index contributed by atoms with van der Waals surface area (Å²) in [4.78, 5) is 13.7. The Hall–Kier alpha value is -1.32. The summed E-state index contributed by atoms with van der Waals surface area (Å²) in [5.74, 6) is 0. The zero-order chi connectivity index (χ0) is 14.0. The van der Waals surface area contributed by atoms with Crippen LogP contribution in [0.1, 0.15) is 52.9 Å². The summed E-state index contributed by atoms with van der Waals surface area (Å²) in [5, 5.41) is 11.6. The second-order valence-corrected chi connectivity index (χ2v) is 6.51. The lowest BCUT2D eigenvalue weighted by molar-refractivity contribution is -0.424. The van der Waals surface area contributed by atoms with Crippen LogP contribution < -0.4 is 0 Å². The lowest BCUT2D eigenvalue weighted by atomic mass is 9.83. The summed E-state index contributed by atoms with van der Waals surface area (Å²) in [6.45, 7) is 8.15. The van der Waals surface area contributed by atoms with Gasteiger partial charge in [-0.05, 0) is 37.5 Å². The van der Waals surface area contributed by atoms with E-state index in [1.54, 1.807) is 0 Å². The van der Waals surface area contributed by atoms with Crippen LogP contribution in [0.2, 0.25) is 0 Å². The monoisotopic (exact) mass is 264 g/mol. The van der Waals surface area contributed by atoms with Crippen LogP contribution in [0.4, 0.5) is 0 Å². The van der Waals surface area contributed by atoms with Crippen molar-refractivity contribution in [2.45, 2.75) is 52.9 Å². The highest BCUT2D eigenvalue weighted by atomic mass is 16.6. The Balaban J connectivity index is 2.49. The maximum absolute atomic E-state index is 11.6. The van der Waals surface area contributed by atoms with Crippen molar-refractivity contribution in [1.29, 1.82) is 0 Å². The van der Waals surface area contributed by atoms with Gasteiger partial charge in [0, 0.05) is 18.7 Å². The van der Waals surface area contributed by atoms with Crippen LogP contribution in [0.25, 0.3) is 0 Å². The minimum atomic E-state index is -0.169. The molecular weight excluding hydrogens is 240 g/mol. The molecule has 0 aromatic carbocycles. The van der Waals surface area contributed by atoms with Crippen molar-refractivity contribution in [1.82, 2.24) is 4.90 Å². The van der Waals surface area contributed by atoms with E-state index in [9.17, 15) is 10.1 Å². The molecule has 1 heterocycles. The number of rotatable bonds is 2. The van der Waals surface area contributed by atoms with Crippen LogP contribution in [-0.2, 0) is 0 Å². The lowest BCUT2D eigenvalue weighted by Crippen LogP contribution is -2.25. The Morgan fingerprint density at radius 3 is 2.37 bits per heavy atom. The molecule has 1 fully saturated rings. The molecule has 0 saturated carbocycles. The molecule has 0 spiro atoms. The quantitative estimate of drug-likeness (QED) is 0.564. The topological polar surface area (TPSA) is 46.4 Å². The van der Waals surface area contributed by atoms with Gasteiger partial charge in [0.05, 0.1) is 10.6 Å². The Bertz CT molecular complexity index is 424. The molecule has 1 saturated heterocycles. The Labute approximate surface area is 115 Å². The molecule has 0 aromatic heterocycles. The maximum atomic E-state index is 11.6. The molecular formula is C15H24N2O2. The second kappa shape index (κ2) is 5.35. The number of likely N-dealkylation sites (tertiary alicyclic amines) is 1. The average Bonchev–Trinajstić information content (AvgIpc) is 2.72. The first-order valence-electron chi connectivity index (χ1n) is 7.25. The van der Waals surface area contributed by atoms with Gasteiger partial charge in [0.1, 0.15) is 0 Å². The molecule has 4 heteroatoms. The van der Waals surface area contributed by atoms with Gasteiger partial charge in [0.2, 0.25) is 0 Å². The average molecular weight is 264 g/mol. The van der Waals surface area contributed by atoms with E-state index in [0.29, 0.717) is 5.70 Å². The molecule has 19 heavy (non-hydrogen) atoms. The first kappa shape index (κ1) is 14.1. The van der Waals surface area contributed by atoms with Gasteiger partial charge in [0.15, 0.2) is 0 Å². The predicted molar refractivity (Wildman–Crippen MR) is 76.2 cm³/mol. The molecule has 0 unspecified atom stereocenters. The van der Waals surface area contributed by atoms with Crippen LogP contribution in [0.15, 0.2) is 23.0 Å². The number of hydrogen-bond acceptors (Lipinski definition) is 3. The van der Waals surface area contributed by atoms with E-state index in [0.717, 1.165) is 56.5 Å². The number of allylic oxidation sites excluding steroid dienone is 3. The summed E-state index contributed by atoms with van der Waals surface area (Å²) in [6.07, 6.45) is 7.20. The number of nitrogens with zero attached hydrogens (tertiary/aromatic N) is 2. The van der Waals surface area contributed by atoms with Gasteiger partial charge >= 0.3 is 0 Å². The van der Waals surface area contributed by atoms with Gasteiger partial charge in [-0.15, -0.1) is 0 Å². The SMILES string of the molecule is CC(C)(C)C1=CCCCC(N2CCCC2)=C1[N+](=O)[O-]. The molecule has 0 bridgehead atoms.